The van der Waals surface area contributed by atoms with E-state index in [1.807, 2.05) is 16.9 Å². The van der Waals surface area contributed by atoms with Gasteiger partial charge in [0, 0.05) is 24.0 Å². The standard InChI is InChI=1S/C17H26N4/c1-7-15-12(2)20-21(13(15)3)16-9-8-14(10-18-16)11-19-17(4,5)6/h8-10,19H,7,11H2,1-6H3. The molecule has 0 unspecified atom stereocenters. The first kappa shape index (κ1) is 15.7. The van der Waals surface area contributed by atoms with Crippen molar-refractivity contribution in [3.8, 4) is 5.82 Å². The van der Waals surface area contributed by atoms with Crippen LogP contribution < -0.4 is 5.32 Å². The summed E-state index contributed by atoms with van der Waals surface area (Å²) in [6.07, 6.45) is 2.93. The summed E-state index contributed by atoms with van der Waals surface area (Å²) in [6.45, 7) is 13.6. The van der Waals surface area contributed by atoms with Crippen LogP contribution in [0.2, 0.25) is 0 Å². The van der Waals surface area contributed by atoms with E-state index in [9.17, 15) is 0 Å². The Kier molecular flexibility index (Phi) is 4.47. The van der Waals surface area contributed by atoms with Crippen LogP contribution in [0.5, 0.6) is 0 Å². The molecule has 0 aromatic carbocycles. The second-order valence-corrected chi connectivity index (χ2v) is 6.54. The lowest BCUT2D eigenvalue weighted by Crippen LogP contribution is -2.35. The van der Waals surface area contributed by atoms with Crippen LogP contribution in [0.15, 0.2) is 18.3 Å². The van der Waals surface area contributed by atoms with Crippen LogP contribution in [0.25, 0.3) is 5.82 Å². The summed E-state index contributed by atoms with van der Waals surface area (Å²) in [7, 11) is 0. The van der Waals surface area contributed by atoms with E-state index in [0.717, 1.165) is 24.5 Å². The molecule has 0 aliphatic rings. The number of hydrogen-bond donors (Lipinski definition) is 1. The Bertz CT molecular complexity index is 603. The average Bonchev–Trinajstić information content (AvgIpc) is 2.71. The van der Waals surface area contributed by atoms with E-state index in [-0.39, 0.29) is 5.54 Å². The molecule has 0 radical (unpaired) electrons. The Balaban J connectivity index is 2.19. The molecule has 0 saturated carbocycles. The number of hydrogen-bond acceptors (Lipinski definition) is 3. The SMILES string of the molecule is CCc1c(C)nn(-c2ccc(CNC(C)(C)C)cn2)c1C. The van der Waals surface area contributed by atoms with Crippen molar-refractivity contribution in [2.75, 3.05) is 0 Å². The summed E-state index contributed by atoms with van der Waals surface area (Å²) in [6, 6.07) is 4.15. The third-order valence-electron chi connectivity index (χ3n) is 3.64. The second kappa shape index (κ2) is 5.98. The molecular formula is C17H26N4. The lowest BCUT2D eigenvalue weighted by atomic mass is 10.1. The molecule has 0 amide bonds. The van der Waals surface area contributed by atoms with Gasteiger partial charge in [-0.2, -0.15) is 5.10 Å². The van der Waals surface area contributed by atoms with E-state index in [4.69, 9.17) is 0 Å². The minimum Gasteiger partial charge on any atom is -0.308 e. The monoisotopic (exact) mass is 286 g/mol. The van der Waals surface area contributed by atoms with Gasteiger partial charge in [0.25, 0.3) is 0 Å². The highest BCUT2D eigenvalue weighted by atomic mass is 15.3. The van der Waals surface area contributed by atoms with Gasteiger partial charge in [-0.25, -0.2) is 9.67 Å². The predicted molar refractivity (Wildman–Crippen MR) is 86.8 cm³/mol. The summed E-state index contributed by atoms with van der Waals surface area (Å²) in [5.41, 5.74) is 4.89. The van der Waals surface area contributed by atoms with Gasteiger partial charge in [-0.05, 0) is 58.2 Å². The van der Waals surface area contributed by atoms with Crippen molar-refractivity contribution >= 4 is 0 Å². The van der Waals surface area contributed by atoms with E-state index in [2.05, 4.69) is 63.0 Å². The average molecular weight is 286 g/mol. The van der Waals surface area contributed by atoms with Crippen LogP contribution in [-0.4, -0.2) is 20.3 Å². The molecule has 0 aliphatic carbocycles. The van der Waals surface area contributed by atoms with E-state index in [0.29, 0.717) is 0 Å². The molecule has 0 fully saturated rings. The van der Waals surface area contributed by atoms with Crippen molar-refractivity contribution in [1.82, 2.24) is 20.1 Å². The highest BCUT2D eigenvalue weighted by molar-refractivity contribution is 5.33. The lowest BCUT2D eigenvalue weighted by molar-refractivity contribution is 0.424. The molecule has 0 bridgehead atoms. The Morgan fingerprint density at radius 2 is 1.90 bits per heavy atom. The summed E-state index contributed by atoms with van der Waals surface area (Å²) in [5.74, 6) is 0.884. The van der Waals surface area contributed by atoms with Crippen LogP contribution in [0, 0.1) is 13.8 Å². The summed E-state index contributed by atoms with van der Waals surface area (Å²) < 4.78 is 1.94. The maximum atomic E-state index is 4.60. The first-order valence-electron chi connectivity index (χ1n) is 7.57. The fourth-order valence-corrected chi connectivity index (χ4v) is 2.42. The molecule has 0 spiro atoms. The van der Waals surface area contributed by atoms with Gasteiger partial charge < -0.3 is 5.32 Å². The predicted octanol–water partition coefficient (Wildman–Crippen LogP) is 3.33. The molecule has 2 aromatic rings. The zero-order valence-corrected chi connectivity index (χ0v) is 14.0. The second-order valence-electron chi connectivity index (χ2n) is 6.54. The van der Waals surface area contributed by atoms with Gasteiger partial charge in [-0.1, -0.05) is 13.0 Å². The molecule has 0 atom stereocenters. The number of aryl methyl sites for hydroxylation is 1. The minimum atomic E-state index is 0.115. The van der Waals surface area contributed by atoms with Gasteiger partial charge in [0.05, 0.1) is 5.69 Å². The Morgan fingerprint density at radius 1 is 1.19 bits per heavy atom. The van der Waals surface area contributed by atoms with Crippen LogP contribution in [-0.2, 0) is 13.0 Å². The van der Waals surface area contributed by atoms with E-state index in [1.165, 1.54) is 16.8 Å². The molecule has 1 N–H and O–H groups in total. The van der Waals surface area contributed by atoms with E-state index in [1.54, 1.807) is 0 Å². The maximum Gasteiger partial charge on any atom is 0.153 e. The molecule has 4 nitrogen and oxygen atoms in total. The number of pyridine rings is 1. The van der Waals surface area contributed by atoms with E-state index < -0.39 is 0 Å². The number of nitrogens with one attached hydrogen (secondary N) is 1. The van der Waals surface area contributed by atoms with Gasteiger partial charge in [-0.3, -0.25) is 0 Å². The van der Waals surface area contributed by atoms with Gasteiger partial charge in [0.15, 0.2) is 5.82 Å². The zero-order valence-electron chi connectivity index (χ0n) is 14.0. The Labute approximate surface area is 127 Å². The Hall–Kier alpha value is -1.68. The van der Waals surface area contributed by atoms with Gasteiger partial charge in [-0.15, -0.1) is 0 Å². The van der Waals surface area contributed by atoms with Crippen molar-refractivity contribution in [3.63, 3.8) is 0 Å². The number of aromatic nitrogens is 3. The minimum absolute atomic E-state index is 0.115. The summed E-state index contributed by atoms with van der Waals surface area (Å²) in [4.78, 5) is 4.56. The highest BCUT2D eigenvalue weighted by Crippen LogP contribution is 2.17. The van der Waals surface area contributed by atoms with Crippen LogP contribution in [0.4, 0.5) is 0 Å². The molecule has 2 rings (SSSR count). The molecule has 2 heterocycles. The first-order valence-corrected chi connectivity index (χ1v) is 7.57. The molecule has 21 heavy (non-hydrogen) atoms. The van der Waals surface area contributed by atoms with Crippen LogP contribution in [0.1, 0.15) is 50.2 Å². The van der Waals surface area contributed by atoms with Gasteiger partial charge in [0.2, 0.25) is 0 Å². The fourth-order valence-electron chi connectivity index (χ4n) is 2.42. The fraction of sp³-hybridized carbons (Fsp3) is 0.529. The summed E-state index contributed by atoms with van der Waals surface area (Å²) in [5, 5.41) is 8.07. The molecule has 2 aromatic heterocycles. The molecular weight excluding hydrogens is 260 g/mol. The maximum absolute atomic E-state index is 4.60. The normalized spacial score (nSPS) is 11.9. The molecule has 114 valence electrons. The van der Waals surface area contributed by atoms with Crippen LogP contribution in [0.3, 0.4) is 0 Å². The summed E-state index contributed by atoms with van der Waals surface area (Å²) >= 11 is 0. The lowest BCUT2D eigenvalue weighted by Gasteiger charge is -2.20. The third kappa shape index (κ3) is 3.70. The van der Waals surface area contributed by atoms with Crippen molar-refractivity contribution in [2.45, 2.75) is 60.0 Å². The van der Waals surface area contributed by atoms with Gasteiger partial charge >= 0.3 is 0 Å². The van der Waals surface area contributed by atoms with Crippen molar-refractivity contribution in [3.05, 3.63) is 40.8 Å². The molecule has 0 saturated heterocycles. The van der Waals surface area contributed by atoms with Crippen molar-refractivity contribution < 1.29 is 0 Å². The largest absolute Gasteiger partial charge is 0.308 e. The molecule has 0 aliphatic heterocycles. The first-order chi connectivity index (χ1) is 9.81. The quantitative estimate of drug-likeness (QED) is 0.937. The van der Waals surface area contributed by atoms with Crippen LogP contribution >= 0.6 is 0 Å². The molecule has 4 heteroatoms. The van der Waals surface area contributed by atoms with Crippen molar-refractivity contribution in [2.24, 2.45) is 0 Å². The smallest absolute Gasteiger partial charge is 0.153 e. The van der Waals surface area contributed by atoms with Crippen molar-refractivity contribution in [1.29, 1.82) is 0 Å². The highest BCUT2D eigenvalue weighted by Gasteiger charge is 2.12. The number of rotatable bonds is 4. The zero-order chi connectivity index (χ0) is 15.6. The van der Waals surface area contributed by atoms with E-state index >= 15 is 0 Å². The third-order valence-corrected chi connectivity index (χ3v) is 3.64. The number of nitrogens with zero attached hydrogens (tertiary/aromatic N) is 3. The van der Waals surface area contributed by atoms with Gasteiger partial charge in [0.1, 0.15) is 0 Å². The topological polar surface area (TPSA) is 42.7 Å². The Morgan fingerprint density at radius 3 is 2.38 bits per heavy atom.